The lowest BCUT2D eigenvalue weighted by atomic mass is 9.97. The van der Waals surface area contributed by atoms with Gasteiger partial charge in [0.15, 0.2) is 0 Å². The molecule has 0 spiro atoms. The van der Waals surface area contributed by atoms with Crippen LogP contribution in [0, 0.1) is 30.1 Å². The van der Waals surface area contributed by atoms with Gasteiger partial charge in [-0.05, 0) is 48.3 Å². The molecule has 6 N–H and O–H groups in total. The van der Waals surface area contributed by atoms with Gasteiger partial charge in [-0.2, -0.15) is 15.0 Å². The number of carbonyl (C=O) groups is 2. The number of phenolic OH excluding ortho intramolecular Hbond substituents is 1. The van der Waals surface area contributed by atoms with E-state index in [2.05, 4.69) is 76.3 Å². The zero-order chi connectivity index (χ0) is 50.9. The Balaban J connectivity index is 0.00000963. The van der Waals surface area contributed by atoms with Gasteiger partial charge in [-0.15, -0.1) is 16.6 Å². The Kier molecular flexibility index (Phi) is 22.7. The number of phenols is 1. The average Bonchev–Trinajstić information content (AvgIpc) is 4.08. The molecular weight excluding hydrogens is 944 g/mol. The third-order valence-corrected chi connectivity index (χ3v) is 13.2. The molecule has 2 fully saturated rings. The number of benzene rings is 1. The van der Waals surface area contributed by atoms with E-state index in [1.165, 1.54) is 0 Å². The van der Waals surface area contributed by atoms with Crippen LogP contribution in [0.5, 0.6) is 5.75 Å². The van der Waals surface area contributed by atoms with Crippen molar-refractivity contribution >= 4 is 29.7 Å². The Hall–Kier alpha value is -5.70. The fourth-order valence-corrected chi connectivity index (χ4v) is 8.64. The maximum atomic E-state index is 14.4. The first-order valence-electron chi connectivity index (χ1n) is 25.2. The number of halogens is 1. The Bertz CT molecular complexity index is 2300. The monoisotopic (exact) mass is 1020 g/mol. The van der Waals surface area contributed by atoms with Crippen molar-refractivity contribution in [1.82, 2.24) is 54.7 Å². The number of aromatic hydroxyl groups is 1. The predicted molar refractivity (Wildman–Crippen MR) is 269 cm³/mol. The molecule has 0 bridgehead atoms. The van der Waals surface area contributed by atoms with Gasteiger partial charge in [0, 0.05) is 58.9 Å². The number of ether oxygens (including phenoxy) is 3. The molecule has 2 amide bonds. The van der Waals surface area contributed by atoms with E-state index >= 15 is 0 Å². The molecular formula is C49H76ClN16O6-. The van der Waals surface area contributed by atoms with Crippen molar-refractivity contribution in [3.63, 3.8) is 0 Å². The van der Waals surface area contributed by atoms with Gasteiger partial charge in [0.2, 0.25) is 29.7 Å². The van der Waals surface area contributed by atoms with Crippen LogP contribution in [0.4, 0.5) is 17.8 Å². The average molecular weight is 1020 g/mol. The lowest BCUT2D eigenvalue weighted by Crippen LogP contribution is -3.00. The van der Waals surface area contributed by atoms with Crippen LogP contribution in [-0.2, 0) is 30.2 Å². The minimum Gasteiger partial charge on any atom is -1.00 e. The minimum atomic E-state index is -0.567. The summed E-state index contributed by atoms with van der Waals surface area (Å²) in [6, 6.07) is 5.14. The highest BCUT2D eigenvalue weighted by Gasteiger charge is 2.36. The van der Waals surface area contributed by atoms with Gasteiger partial charge in [0.25, 0.3) is 0 Å². The number of rotatable bonds is 27. The number of terminal acetylenes is 1. The van der Waals surface area contributed by atoms with Crippen molar-refractivity contribution < 1.29 is 41.3 Å². The van der Waals surface area contributed by atoms with Gasteiger partial charge < -0.3 is 68.1 Å². The number of nitrogens with zero attached hydrogens (tertiary/aromatic N) is 13. The third-order valence-electron chi connectivity index (χ3n) is 13.2. The van der Waals surface area contributed by atoms with E-state index < -0.39 is 18.1 Å². The van der Waals surface area contributed by atoms with Crippen LogP contribution >= 0.6 is 0 Å². The molecule has 396 valence electrons. The summed E-state index contributed by atoms with van der Waals surface area (Å²) in [6.07, 6.45) is 11.7. The van der Waals surface area contributed by atoms with Gasteiger partial charge in [-0.1, -0.05) is 82.9 Å². The zero-order valence-electron chi connectivity index (χ0n) is 42.9. The van der Waals surface area contributed by atoms with Crippen molar-refractivity contribution in [3.05, 3.63) is 53.6 Å². The summed E-state index contributed by atoms with van der Waals surface area (Å²) in [4.78, 5) is 51.3. The zero-order valence-corrected chi connectivity index (χ0v) is 43.6. The Morgan fingerprint density at radius 3 is 1.65 bits per heavy atom. The smallest absolute Gasteiger partial charge is 0.247 e. The second kappa shape index (κ2) is 28.5. The first-order chi connectivity index (χ1) is 34.3. The molecule has 0 unspecified atom stereocenters. The van der Waals surface area contributed by atoms with Crippen molar-refractivity contribution in [2.24, 2.45) is 29.2 Å². The van der Waals surface area contributed by atoms with Crippen LogP contribution < -0.4 is 39.0 Å². The van der Waals surface area contributed by atoms with Gasteiger partial charge in [0.1, 0.15) is 24.4 Å². The normalized spacial score (nSPS) is 16.7. The highest BCUT2D eigenvalue weighted by atomic mass is 35.5. The van der Waals surface area contributed by atoms with Crippen LogP contribution in [-0.4, -0.2) is 170 Å². The maximum absolute atomic E-state index is 14.4. The van der Waals surface area contributed by atoms with E-state index in [4.69, 9.17) is 47.1 Å². The lowest BCUT2D eigenvalue weighted by molar-refractivity contribution is -0.137. The Morgan fingerprint density at radius 2 is 1.18 bits per heavy atom. The summed E-state index contributed by atoms with van der Waals surface area (Å²) in [6.45, 7) is 19.1. The van der Waals surface area contributed by atoms with E-state index in [-0.39, 0.29) is 54.5 Å². The minimum absolute atomic E-state index is 0. The van der Waals surface area contributed by atoms with E-state index in [0.717, 1.165) is 24.8 Å². The second-order valence-electron chi connectivity index (χ2n) is 18.9. The maximum Gasteiger partial charge on any atom is 0.247 e. The number of carbonyl (C=O) groups excluding carboxylic acids is 2. The molecule has 6 atom stereocenters. The number of aromatic nitrogens is 9. The number of hydrogen-bond donors (Lipinski definition) is 4. The standard InChI is InChI=1S/C49H76N16O6.ClH/c1-8-24-69-26-28-71-29-27-70-25-15-52-47-53-48(62-20-16-60(17-21-62)45(67)43(35(6)9-2)64-32-41(56-58-64)39(50)30-34(4)5)55-49(54-47)63-22-18-61(19-23-63)46(68)44(36(7)10-3)65-33-42(57-59-65)40(51)31-37-11-13-38(66)14-12-37;/h1,11-14,32-36,39-40,43-44,66H,9-10,15-31,50-51H2,2-7H3,(H,52,53,54,55);1H/p-1/t35-,36-,39-,40-,43-,44-;/m0./s1. The molecule has 0 radical (unpaired) electrons. The Labute approximate surface area is 430 Å². The summed E-state index contributed by atoms with van der Waals surface area (Å²) in [5.41, 5.74) is 15.2. The first kappa shape index (κ1) is 57.2. The molecule has 3 aromatic heterocycles. The van der Waals surface area contributed by atoms with Crippen molar-refractivity contribution in [2.75, 3.05) is 114 Å². The van der Waals surface area contributed by atoms with Crippen LogP contribution in [0.3, 0.4) is 0 Å². The number of piperazine rings is 2. The van der Waals surface area contributed by atoms with Crippen molar-refractivity contribution in [2.45, 2.75) is 91.4 Å². The number of hydrogen-bond acceptors (Lipinski definition) is 18. The molecule has 2 aliphatic heterocycles. The quantitative estimate of drug-likeness (QED) is 0.0454. The third kappa shape index (κ3) is 15.9. The van der Waals surface area contributed by atoms with E-state index in [0.29, 0.717) is 134 Å². The summed E-state index contributed by atoms with van der Waals surface area (Å²) in [5.74, 6) is 4.35. The fraction of sp³-hybridized carbons (Fsp3) is 0.653. The van der Waals surface area contributed by atoms with Gasteiger partial charge in [-0.25, -0.2) is 9.36 Å². The van der Waals surface area contributed by atoms with Gasteiger partial charge >= 0.3 is 0 Å². The topological polar surface area (TPSA) is 259 Å². The highest BCUT2D eigenvalue weighted by molar-refractivity contribution is 5.81. The molecule has 2 saturated heterocycles. The van der Waals surface area contributed by atoms with Gasteiger partial charge in [0.05, 0.1) is 68.9 Å². The highest BCUT2D eigenvalue weighted by Crippen LogP contribution is 2.29. The molecule has 72 heavy (non-hydrogen) atoms. The molecule has 2 aliphatic rings. The van der Waals surface area contributed by atoms with Crippen LogP contribution in [0.1, 0.15) is 102 Å². The summed E-state index contributed by atoms with van der Waals surface area (Å²) >= 11 is 0. The van der Waals surface area contributed by atoms with E-state index in [9.17, 15) is 14.7 Å². The molecule has 0 aliphatic carbocycles. The predicted octanol–water partition coefficient (Wildman–Crippen LogP) is 0.0195. The summed E-state index contributed by atoms with van der Waals surface area (Å²) < 4.78 is 19.9. The molecule has 4 aromatic rings. The number of nitrogens with two attached hydrogens (primary N) is 2. The number of amides is 2. The van der Waals surface area contributed by atoms with E-state index in [1.54, 1.807) is 27.7 Å². The largest absolute Gasteiger partial charge is 1.00 e. The Morgan fingerprint density at radius 1 is 0.708 bits per heavy atom. The first-order valence-corrected chi connectivity index (χ1v) is 25.2. The fourth-order valence-electron chi connectivity index (χ4n) is 8.64. The molecule has 6 rings (SSSR count). The van der Waals surface area contributed by atoms with Crippen LogP contribution in [0.15, 0.2) is 36.7 Å². The number of anilines is 3. The molecule has 5 heterocycles. The number of nitrogens with one attached hydrogen (secondary N) is 1. The van der Waals surface area contributed by atoms with Crippen LogP contribution in [0.2, 0.25) is 0 Å². The molecule has 0 saturated carbocycles. The summed E-state index contributed by atoms with van der Waals surface area (Å²) in [5, 5.41) is 30.6. The van der Waals surface area contributed by atoms with Crippen molar-refractivity contribution in [3.8, 4) is 18.1 Å². The van der Waals surface area contributed by atoms with E-state index in [1.807, 2.05) is 35.1 Å². The molecule has 23 heteroatoms. The molecule has 22 nitrogen and oxygen atoms in total. The summed E-state index contributed by atoms with van der Waals surface area (Å²) in [7, 11) is 0. The van der Waals surface area contributed by atoms with Gasteiger partial charge in [-0.3, -0.25) is 9.59 Å². The van der Waals surface area contributed by atoms with Crippen molar-refractivity contribution in [1.29, 1.82) is 0 Å². The van der Waals surface area contributed by atoms with Crippen LogP contribution in [0.25, 0.3) is 0 Å². The lowest BCUT2D eigenvalue weighted by Gasteiger charge is -2.38. The molecule has 1 aromatic carbocycles. The SMILES string of the molecule is C#CCOCCOCCOCCNc1nc(N2CCN(C(=O)[C@H]([C@@H](C)CC)n3cc([C@@H](N)Cc4ccc(O)cc4)nn3)CC2)nc(N2CCN(C(=O)[C@H]([C@@H](C)CC)n3cc([C@@H](N)CC(C)C)nn3)CC2)n1.[Cl-]. The second-order valence-corrected chi connectivity index (χ2v) is 18.9.